The lowest BCUT2D eigenvalue weighted by Crippen LogP contribution is -2.23. The summed E-state index contributed by atoms with van der Waals surface area (Å²) in [4.78, 5) is 20.3. The first-order chi connectivity index (χ1) is 10.1. The Labute approximate surface area is 132 Å². The van der Waals surface area contributed by atoms with Crippen molar-refractivity contribution in [1.29, 1.82) is 0 Å². The highest BCUT2D eigenvalue weighted by Gasteiger charge is 2.22. The predicted molar refractivity (Wildman–Crippen MR) is 83.6 cm³/mol. The number of carbonyl (C=O) groups excluding carboxylic acids is 1. The summed E-state index contributed by atoms with van der Waals surface area (Å²) < 4.78 is 4.84. The number of halogens is 1. The highest BCUT2D eigenvalue weighted by Crippen LogP contribution is 2.23. The van der Waals surface area contributed by atoms with Gasteiger partial charge in [0.2, 0.25) is 0 Å². The molecule has 0 bridgehead atoms. The van der Waals surface area contributed by atoms with Gasteiger partial charge >= 0.3 is 5.97 Å². The molecule has 2 rings (SSSR count). The average Bonchev–Trinajstić information content (AvgIpc) is 2.52. The van der Waals surface area contributed by atoms with E-state index in [9.17, 15) is 4.79 Å². The third-order valence-corrected chi connectivity index (χ3v) is 3.46. The van der Waals surface area contributed by atoms with E-state index in [-0.39, 0.29) is 0 Å². The van der Waals surface area contributed by atoms with Gasteiger partial charge in [0.05, 0.1) is 7.11 Å². The third kappa shape index (κ3) is 4.09. The van der Waals surface area contributed by atoms with Gasteiger partial charge < -0.3 is 10.1 Å². The Morgan fingerprint density at radius 1 is 1.33 bits per heavy atom. The van der Waals surface area contributed by atoms with Crippen LogP contribution in [0.25, 0.3) is 0 Å². The van der Waals surface area contributed by atoms with E-state index in [1.54, 1.807) is 6.07 Å². The fourth-order valence-electron chi connectivity index (χ4n) is 1.75. The summed E-state index contributed by atoms with van der Waals surface area (Å²) in [5, 5.41) is 3.88. The molecule has 1 aromatic carbocycles. The zero-order valence-electron chi connectivity index (χ0n) is 11.5. The number of nitrogens with zero attached hydrogens (tertiary/aromatic N) is 2. The number of benzene rings is 1. The molecule has 0 spiro atoms. The lowest BCUT2D eigenvalue weighted by molar-refractivity contribution is -0.141. The molecule has 0 aliphatic rings. The minimum absolute atomic E-state index is 0.313. The second-order valence-electron chi connectivity index (χ2n) is 4.07. The van der Waals surface area contributed by atoms with Crippen molar-refractivity contribution >= 4 is 35.1 Å². The molecule has 1 unspecified atom stereocenters. The van der Waals surface area contributed by atoms with Gasteiger partial charge in [-0.3, -0.25) is 0 Å². The highest BCUT2D eigenvalue weighted by molar-refractivity contribution is 7.98. The minimum Gasteiger partial charge on any atom is -0.467 e. The molecule has 0 aliphatic carbocycles. The number of carbonyl (C=O) groups is 1. The van der Waals surface area contributed by atoms with E-state index < -0.39 is 12.0 Å². The summed E-state index contributed by atoms with van der Waals surface area (Å²) >= 11 is 7.32. The second kappa shape index (κ2) is 7.28. The van der Waals surface area contributed by atoms with Crippen molar-refractivity contribution in [2.45, 2.75) is 11.2 Å². The maximum Gasteiger partial charge on any atom is 0.333 e. The Bertz CT molecular complexity index is 625. The Morgan fingerprint density at radius 3 is 2.67 bits per heavy atom. The van der Waals surface area contributed by atoms with Gasteiger partial charge in [-0.25, -0.2) is 14.8 Å². The van der Waals surface area contributed by atoms with E-state index in [1.807, 2.05) is 36.6 Å². The number of hydrogen-bond donors (Lipinski definition) is 1. The number of anilines is 1. The first-order valence-corrected chi connectivity index (χ1v) is 7.72. The van der Waals surface area contributed by atoms with Crippen molar-refractivity contribution < 1.29 is 9.53 Å². The molecule has 5 nitrogen and oxygen atoms in total. The summed E-state index contributed by atoms with van der Waals surface area (Å²) in [5.41, 5.74) is 0.782. The SMILES string of the molecule is COC(=O)C(Nc1cc(Cl)nc(SC)n1)c1ccccc1. The van der Waals surface area contributed by atoms with E-state index in [0.717, 1.165) is 5.56 Å². The smallest absolute Gasteiger partial charge is 0.333 e. The number of aromatic nitrogens is 2. The summed E-state index contributed by atoms with van der Waals surface area (Å²) in [6.45, 7) is 0. The summed E-state index contributed by atoms with van der Waals surface area (Å²) in [6.07, 6.45) is 1.85. The Kier molecular flexibility index (Phi) is 5.41. The van der Waals surface area contributed by atoms with Gasteiger partial charge in [-0.15, -0.1) is 0 Å². The van der Waals surface area contributed by atoms with E-state index >= 15 is 0 Å². The maximum atomic E-state index is 12.0. The highest BCUT2D eigenvalue weighted by atomic mass is 35.5. The summed E-state index contributed by atoms with van der Waals surface area (Å²) in [7, 11) is 1.35. The molecule has 0 fully saturated rings. The normalized spacial score (nSPS) is 11.8. The van der Waals surface area contributed by atoms with Crippen LogP contribution in [0.15, 0.2) is 41.6 Å². The number of esters is 1. The van der Waals surface area contributed by atoms with Crippen LogP contribution in [0.5, 0.6) is 0 Å². The monoisotopic (exact) mass is 323 g/mol. The summed E-state index contributed by atoms with van der Waals surface area (Å²) in [5.74, 6) is 0.0697. The molecule has 0 amide bonds. The largest absolute Gasteiger partial charge is 0.467 e. The fourth-order valence-corrected chi connectivity index (χ4v) is 2.36. The maximum absolute atomic E-state index is 12.0. The van der Waals surface area contributed by atoms with Crippen LogP contribution in [0, 0.1) is 0 Å². The Morgan fingerprint density at radius 2 is 2.05 bits per heavy atom. The molecule has 1 aromatic heterocycles. The van der Waals surface area contributed by atoms with Gasteiger partial charge in [0, 0.05) is 6.07 Å². The molecule has 2 aromatic rings. The Balaban J connectivity index is 2.31. The average molecular weight is 324 g/mol. The van der Waals surface area contributed by atoms with Crippen molar-refractivity contribution in [3.05, 3.63) is 47.1 Å². The molecule has 0 saturated heterocycles. The molecule has 1 N–H and O–H groups in total. The lowest BCUT2D eigenvalue weighted by Gasteiger charge is -2.17. The molecule has 1 heterocycles. The number of hydrogen-bond acceptors (Lipinski definition) is 6. The molecule has 110 valence electrons. The molecule has 1 atom stereocenters. The predicted octanol–water partition coefficient (Wildman–Crippen LogP) is 3.18. The van der Waals surface area contributed by atoms with Crippen LogP contribution in [-0.2, 0) is 9.53 Å². The minimum atomic E-state index is -0.656. The van der Waals surface area contributed by atoms with Crippen LogP contribution in [0.2, 0.25) is 5.15 Å². The van der Waals surface area contributed by atoms with E-state index in [0.29, 0.717) is 16.1 Å². The zero-order valence-corrected chi connectivity index (χ0v) is 13.1. The number of methoxy groups -OCH3 is 1. The number of nitrogens with one attached hydrogen (secondary N) is 1. The van der Waals surface area contributed by atoms with Gasteiger partial charge in [-0.2, -0.15) is 0 Å². The number of rotatable bonds is 5. The molecule has 21 heavy (non-hydrogen) atoms. The van der Waals surface area contributed by atoms with Crippen LogP contribution < -0.4 is 5.32 Å². The Hall–Kier alpha value is -1.79. The zero-order chi connectivity index (χ0) is 15.2. The molecular formula is C14H14ClN3O2S. The molecule has 7 heteroatoms. The molecule has 0 radical (unpaired) electrons. The first kappa shape index (κ1) is 15.6. The van der Waals surface area contributed by atoms with Gasteiger partial charge in [0.15, 0.2) is 11.2 Å². The third-order valence-electron chi connectivity index (χ3n) is 2.72. The van der Waals surface area contributed by atoms with Crippen molar-refractivity contribution in [3.8, 4) is 0 Å². The molecule has 0 saturated carbocycles. The van der Waals surface area contributed by atoms with Crippen LogP contribution in [0.4, 0.5) is 5.82 Å². The van der Waals surface area contributed by atoms with Gasteiger partial charge in [0.1, 0.15) is 11.0 Å². The van der Waals surface area contributed by atoms with Gasteiger partial charge in [-0.1, -0.05) is 53.7 Å². The van der Waals surface area contributed by atoms with Crippen LogP contribution >= 0.6 is 23.4 Å². The summed E-state index contributed by atoms with van der Waals surface area (Å²) in [6, 6.07) is 10.2. The van der Waals surface area contributed by atoms with Crippen LogP contribution in [0.1, 0.15) is 11.6 Å². The van der Waals surface area contributed by atoms with Gasteiger partial charge in [-0.05, 0) is 11.8 Å². The number of thioether (sulfide) groups is 1. The van der Waals surface area contributed by atoms with E-state index in [2.05, 4.69) is 15.3 Å². The number of ether oxygens (including phenoxy) is 1. The van der Waals surface area contributed by atoms with Crippen LogP contribution in [0.3, 0.4) is 0 Å². The second-order valence-corrected chi connectivity index (χ2v) is 5.23. The topological polar surface area (TPSA) is 64.1 Å². The van der Waals surface area contributed by atoms with Crippen molar-refractivity contribution in [2.24, 2.45) is 0 Å². The quantitative estimate of drug-likeness (QED) is 0.394. The van der Waals surface area contributed by atoms with Crippen molar-refractivity contribution in [2.75, 3.05) is 18.7 Å². The standard InChI is InChI=1S/C14H14ClN3O2S/c1-20-13(19)12(9-6-4-3-5-7-9)17-11-8-10(15)16-14(18-11)21-2/h3-8,12H,1-2H3,(H,16,17,18). The molecular weight excluding hydrogens is 310 g/mol. The molecule has 0 aliphatic heterocycles. The van der Waals surface area contributed by atoms with Crippen molar-refractivity contribution in [3.63, 3.8) is 0 Å². The van der Waals surface area contributed by atoms with Gasteiger partial charge in [0.25, 0.3) is 0 Å². The lowest BCUT2D eigenvalue weighted by atomic mass is 10.1. The van der Waals surface area contributed by atoms with Crippen molar-refractivity contribution in [1.82, 2.24) is 9.97 Å². The van der Waals surface area contributed by atoms with Crippen LogP contribution in [-0.4, -0.2) is 29.3 Å². The first-order valence-electron chi connectivity index (χ1n) is 6.12. The fraction of sp³-hybridized carbons (Fsp3) is 0.214. The van der Waals surface area contributed by atoms with E-state index in [4.69, 9.17) is 16.3 Å². The van der Waals surface area contributed by atoms with E-state index in [1.165, 1.54) is 18.9 Å².